The monoisotopic (exact) mass is 197 g/mol. The van der Waals surface area contributed by atoms with Crippen LogP contribution in [0, 0.1) is 11.8 Å². The highest BCUT2D eigenvalue weighted by molar-refractivity contribution is 5.82. The molecule has 0 aromatic heterocycles. The van der Waals surface area contributed by atoms with Crippen molar-refractivity contribution in [1.29, 1.82) is 0 Å². The van der Waals surface area contributed by atoms with E-state index in [-0.39, 0.29) is 5.92 Å². The third kappa shape index (κ3) is 3.09. The van der Waals surface area contributed by atoms with Crippen LogP contribution in [0.3, 0.4) is 0 Å². The molecular formula is C12H23NO. The Morgan fingerprint density at radius 2 is 2.29 bits per heavy atom. The van der Waals surface area contributed by atoms with Gasteiger partial charge in [-0.1, -0.05) is 26.7 Å². The summed E-state index contributed by atoms with van der Waals surface area (Å²) in [5, 5.41) is 3.33. The van der Waals surface area contributed by atoms with Gasteiger partial charge in [-0.25, -0.2) is 0 Å². The molecule has 1 rings (SSSR count). The van der Waals surface area contributed by atoms with Gasteiger partial charge in [0, 0.05) is 18.4 Å². The highest BCUT2D eigenvalue weighted by Gasteiger charge is 2.29. The van der Waals surface area contributed by atoms with Crippen LogP contribution >= 0.6 is 0 Å². The smallest absolute Gasteiger partial charge is 0.137 e. The average molecular weight is 197 g/mol. The van der Waals surface area contributed by atoms with Crippen molar-refractivity contribution in [3.8, 4) is 0 Å². The predicted molar refractivity (Wildman–Crippen MR) is 59.3 cm³/mol. The van der Waals surface area contributed by atoms with Crippen LogP contribution in [0.15, 0.2) is 0 Å². The quantitative estimate of drug-likeness (QED) is 0.733. The summed E-state index contributed by atoms with van der Waals surface area (Å²) in [5.74, 6) is 1.33. The highest BCUT2D eigenvalue weighted by Crippen LogP contribution is 2.21. The summed E-state index contributed by atoms with van der Waals surface area (Å²) in [4.78, 5) is 11.9. The van der Waals surface area contributed by atoms with Crippen LogP contribution in [0.1, 0.15) is 46.5 Å². The summed E-state index contributed by atoms with van der Waals surface area (Å²) in [6, 6.07) is 0.399. The van der Waals surface area contributed by atoms with Crippen molar-refractivity contribution in [3.63, 3.8) is 0 Å². The lowest BCUT2D eigenvalue weighted by Crippen LogP contribution is -2.28. The first-order valence-electron chi connectivity index (χ1n) is 5.91. The molecule has 1 saturated heterocycles. The van der Waals surface area contributed by atoms with Crippen molar-refractivity contribution in [3.05, 3.63) is 0 Å². The number of hydrogen-bond acceptors (Lipinski definition) is 2. The molecule has 0 aromatic carbocycles. The van der Waals surface area contributed by atoms with Crippen LogP contribution in [0.2, 0.25) is 0 Å². The van der Waals surface area contributed by atoms with E-state index in [4.69, 9.17) is 0 Å². The third-order valence-electron chi connectivity index (χ3n) is 3.27. The summed E-state index contributed by atoms with van der Waals surface area (Å²) in [6.07, 6.45) is 4.19. The van der Waals surface area contributed by atoms with E-state index in [1.165, 1.54) is 12.8 Å². The number of ketones is 1. The van der Waals surface area contributed by atoms with Crippen molar-refractivity contribution in [1.82, 2.24) is 5.32 Å². The minimum absolute atomic E-state index is 0.286. The van der Waals surface area contributed by atoms with E-state index in [1.54, 1.807) is 0 Å². The van der Waals surface area contributed by atoms with Crippen LogP contribution in [-0.4, -0.2) is 18.4 Å². The molecule has 3 unspecified atom stereocenters. The molecule has 0 bridgehead atoms. The molecule has 1 aliphatic rings. The molecule has 2 nitrogen and oxygen atoms in total. The normalized spacial score (nSPS) is 29.1. The van der Waals surface area contributed by atoms with Gasteiger partial charge in [-0.3, -0.25) is 4.79 Å². The number of carbonyl (C=O) groups excluding carboxylic acids is 1. The number of rotatable bonds is 5. The fourth-order valence-corrected chi connectivity index (χ4v) is 2.39. The zero-order chi connectivity index (χ0) is 10.6. The van der Waals surface area contributed by atoms with E-state index in [9.17, 15) is 4.79 Å². The molecular weight excluding hydrogens is 174 g/mol. The third-order valence-corrected chi connectivity index (χ3v) is 3.27. The van der Waals surface area contributed by atoms with E-state index < -0.39 is 0 Å². The van der Waals surface area contributed by atoms with Gasteiger partial charge in [0.2, 0.25) is 0 Å². The first kappa shape index (κ1) is 11.7. The van der Waals surface area contributed by atoms with Gasteiger partial charge in [-0.2, -0.15) is 0 Å². The fraction of sp³-hybridized carbons (Fsp3) is 0.917. The van der Waals surface area contributed by atoms with Crippen molar-refractivity contribution in [2.45, 2.75) is 52.5 Å². The molecule has 14 heavy (non-hydrogen) atoms. The van der Waals surface area contributed by atoms with Crippen LogP contribution < -0.4 is 5.32 Å². The minimum Gasteiger partial charge on any atom is -0.314 e. The molecule has 0 aliphatic carbocycles. The molecule has 82 valence electrons. The molecule has 0 aromatic rings. The van der Waals surface area contributed by atoms with Gasteiger partial charge in [0.25, 0.3) is 0 Å². The molecule has 0 radical (unpaired) electrons. The zero-order valence-electron chi connectivity index (χ0n) is 9.68. The molecule has 1 N–H and O–H groups in total. The van der Waals surface area contributed by atoms with Crippen LogP contribution in [-0.2, 0) is 4.79 Å². The Kier molecular flexibility index (Phi) is 4.59. The van der Waals surface area contributed by atoms with Crippen molar-refractivity contribution >= 4 is 5.78 Å². The van der Waals surface area contributed by atoms with E-state index in [1.807, 2.05) is 0 Å². The van der Waals surface area contributed by atoms with Gasteiger partial charge in [0.15, 0.2) is 0 Å². The lowest BCUT2D eigenvalue weighted by atomic mass is 9.89. The topological polar surface area (TPSA) is 29.1 Å². The molecule has 1 fully saturated rings. The Morgan fingerprint density at radius 1 is 1.57 bits per heavy atom. The summed E-state index contributed by atoms with van der Waals surface area (Å²) < 4.78 is 0. The molecule has 3 atom stereocenters. The Morgan fingerprint density at radius 3 is 2.79 bits per heavy atom. The summed E-state index contributed by atoms with van der Waals surface area (Å²) in [6.45, 7) is 7.51. The Hall–Kier alpha value is -0.370. The van der Waals surface area contributed by atoms with Gasteiger partial charge < -0.3 is 5.32 Å². The second-order valence-electron chi connectivity index (χ2n) is 4.70. The van der Waals surface area contributed by atoms with Crippen molar-refractivity contribution in [2.75, 3.05) is 6.54 Å². The van der Waals surface area contributed by atoms with E-state index in [0.717, 1.165) is 19.4 Å². The maximum atomic E-state index is 11.9. The predicted octanol–water partition coefficient (Wildman–Crippen LogP) is 2.38. The number of nitrogens with one attached hydrogen (secondary N) is 1. The van der Waals surface area contributed by atoms with E-state index in [0.29, 0.717) is 17.7 Å². The number of Topliss-reactive ketones (excluding diaryl/α,β-unsaturated/α-hetero) is 1. The Labute approximate surface area is 87.5 Å². The molecule has 0 amide bonds. The average Bonchev–Trinajstić information content (AvgIpc) is 2.51. The molecule has 2 heteroatoms. The van der Waals surface area contributed by atoms with Crippen LogP contribution in [0.5, 0.6) is 0 Å². The summed E-state index contributed by atoms with van der Waals surface area (Å²) in [5.41, 5.74) is 0. The van der Waals surface area contributed by atoms with Crippen LogP contribution in [0.25, 0.3) is 0 Å². The van der Waals surface area contributed by atoms with Crippen LogP contribution in [0.4, 0.5) is 0 Å². The van der Waals surface area contributed by atoms with Crippen molar-refractivity contribution < 1.29 is 4.79 Å². The second kappa shape index (κ2) is 5.50. The van der Waals surface area contributed by atoms with E-state index in [2.05, 4.69) is 26.1 Å². The van der Waals surface area contributed by atoms with Gasteiger partial charge in [-0.15, -0.1) is 0 Å². The maximum absolute atomic E-state index is 11.9. The lowest BCUT2D eigenvalue weighted by molar-refractivity contribution is -0.123. The largest absolute Gasteiger partial charge is 0.314 e. The molecule has 0 saturated carbocycles. The van der Waals surface area contributed by atoms with E-state index >= 15 is 0 Å². The number of hydrogen-bond donors (Lipinski definition) is 1. The summed E-state index contributed by atoms with van der Waals surface area (Å²) >= 11 is 0. The van der Waals surface area contributed by atoms with Gasteiger partial charge in [0.05, 0.1) is 0 Å². The standard InChI is InChI=1S/C12H23NO/c1-4-5-9(2)8-12(14)11-6-7-13-10(11)3/h9-11,13H,4-8H2,1-3H3. The van der Waals surface area contributed by atoms with Gasteiger partial charge in [0.1, 0.15) is 5.78 Å². The van der Waals surface area contributed by atoms with Crippen molar-refractivity contribution in [2.24, 2.45) is 11.8 Å². The highest BCUT2D eigenvalue weighted by atomic mass is 16.1. The second-order valence-corrected chi connectivity index (χ2v) is 4.70. The van der Waals surface area contributed by atoms with Gasteiger partial charge in [-0.05, 0) is 25.8 Å². The number of carbonyl (C=O) groups is 1. The first-order valence-corrected chi connectivity index (χ1v) is 5.91. The van der Waals surface area contributed by atoms with Gasteiger partial charge >= 0.3 is 0 Å². The minimum atomic E-state index is 0.286. The first-order chi connectivity index (χ1) is 6.65. The SMILES string of the molecule is CCCC(C)CC(=O)C1CCNC1C. The zero-order valence-corrected chi connectivity index (χ0v) is 9.68. The summed E-state index contributed by atoms with van der Waals surface area (Å²) in [7, 11) is 0. The Bertz CT molecular complexity index is 191. The molecule has 1 aliphatic heterocycles. The molecule has 0 spiro atoms. The molecule has 1 heterocycles. The maximum Gasteiger partial charge on any atom is 0.137 e. The fourth-order valence-electron chi connectivity index (χ4n) is 2.39. The Balaban J connectivity index is 2.33. The lowest BCUT2D eigenvalue weighted by Gasteiger charge is -2.16.